The minimum Gasteiger partial charge on any atom is -0.380 e. The van der Waals surface area contributed by atoms with E-state index in [1.165, 1.54) is 4.90 Å². The molecule has 1 aromatic rings. The first-order valence-electron chi connectivity index (χ1n) is 13.9. The summed E-state index contributed by atoms with van der Waals surface area (Å²) in [5.41, 5.74) is 3.09. The largest absolute Gasteiger partial charge is 0.380 e. The maximum absolute atomic E-state index is 12.3. The number of allylic oxidation sites excluding steroid dienone is 7. The number of hydrogen-bond acceptors (Lipinski definition) is 5. The minimum absolute atomic E-state index is 0.158. The number of aliphatic hydroxyl groups excluding tert-OH is 2. The number of nitrogens with zero attached hydrogens (tertiary/aromatic N) is 1. The lowest BCUT2D eigenvalue weighted by Crippen LogP contribution is -2.50. The quantitative estimate of drug-likeness (QED) is 0.259. The Morgan fingerprint density at radius 1 is 1.00 bits per heavy atom. The van der Waals surface area contributed by atoms with Crippen LogP contribution in [0.5, 0.6) is 0 Å². The van der Waals surface area contributed by atoms with Crippen molar-refractivity contribution in [3.8, 4) is 0 Å². The summed E-state index contributed by atoms with van der Waals surface area (Å²) in [4.78, 5) is 38.1. The molecule has 1 aromatic carbocycles. The molecule has 0 saturated carbocycles. The van der Waals surface area contributed by atoms with Gasteiger partial charge in [-0.1, -0.05) is 68.5 Å². The van der Waals surface area contributed by atoms with Crippen LogP contribution in [0.25, 0.3) is 5.57 Å². The second-order valence-corrected chi connectivity index (χ2v) is 8.97. The first-order chi connectivity index (χ1) is 19.3. The number of carbonyl (C=O) groups is 3. The zero-order valence-corrected chi connectivity index (χ0v) is 24.1. The zero-order chi connectivity index (χ0) is 29.9. The smallest absolute Gasteiger partial charge is 0.254 e. The molecule has 8 heteroatoms. The highest BCUT2D eigenvalue weighted by molar-refractivity contribution is 6.00. The number of unbranched alkanes of at least 4 members (excludes halogenated alkanes) is 1. The van der Waals surface area contributed by atoms with Gasteiger partial charge in [0.05, 0.1) is 0 Å². The Kier molecular flexibility index (Phi) is 16.6. The van der Waals surface area contributed by atoms with Crippen LogP contribution in [0, 0.1) is 0 Å². The summed E-state index contributed by atoms with van der Waals surface area (Å²) >= 11 is 0. The standard InChI is InChI=1S/C24H29N3O5.C6H10.C2H6/c1-25-22(30)19-10-3-2-9-18(19)17-8-6-7-16(11-12-17)15-26-23(31)20(28)21(29)24(32)27-13-4-5-14-27;1-3-5-6-4-2;1-2/h2-3,6,8-12,20-21,28-29H,4-5,7,13-15H2,1H3,(H,25,30)(H,26,31);3-4H,1-2,5-6H2;1-2H3. The number of rotatable bonds is 10. The Balaban J connectivity index is 0.000000885. The number of aliphatic hydroxyl groups is 2. The van der Waals surface area contributed by atoms with Gasteiger partial charge in [-0.25, -0.2) is 0 Å². The molecule has 3 amide bonds. The fraction of sp³-hybridized carbons (Fsp3) is 0.406. The van der Waals surface area contributed by atoms with Crippen molar-refractivity contribution in [3.63, 3.8) is 0 Å². The third-order valence-corrected chi connectivity index (χ3v) is 6.19. The molecule has 1 aliphatic carbocycles. The van der Waals surface area contributed by atoms with Crippen LogP contribution in [0.15, 0.2) is 79.5 Å². The Morgan fingerprint density at radius 2 is 1.62 bits per heavy atom. The molecule has 1 saturated heterocycles. The highest BCUT2D eigenvalue weighted by Gasteiger charge is 2.34. The maximum Gasteiger partial charge on any atom is 0.254 e. The molecule has 1 heterocycles. The summed E-state index contributed by atoms with van der Waals surface area (Å²) in [6, 6.07) is 7.30. The van der Waals surface area contributed by atoms with Gasteiger partial charge in [0, 0.05) is 32.2 Å². The molecule has 4 N–H and O–H groups in total. The molecular weight excluding hydrogens is 506 g/mol. The molecular formula is C32H45N3O5. The Bertz CT molecular complexity index is 1080. The van der Waals surface area contributed by atoms with Gasteiger partial charge in [-0.05, 0) is 54.9 Å². The number of likely N-dealkylation sites (tertiary alicyclic amines) is 1. The van der Waals surface area contributed by atoms with Crippen molar-refractivity contribution in [1.29, 1.82) is 0 Å². The Labute approximate surface area is 238 Å². The van der Waals surface area contributed by atoms with Crippen molar-refractivity contribution < 1.29 is 24.6 Å². The predicted octanol–water partition coefficient (Wildman–Crippen LogP) is 3.94. The van der Waals surface area contributed by atoms with Crippen LogP contribution in [-0.4, -0.2) is 71.7 Å². The van der Waals surface area contributed by atoms with Crippen LogP contribution in [0.2, 0.25) is 0 Å². The molecule has 218 valence electrons. The molecule has 2 atom stereocenters. The third kappa shape index (κ3) is 10.8. The van der Waals surface area contributed by atoms with Crippen molar-refractivity contribution in [2.75, 3.05) is 26.7 Å². The molecule has 0 bridgehead atoms. The summed E-state index contributed by atoms with van der Waals surface area (Å²) in [7, 11) is 1.58. The molecule has 0 spiro atoms. The van der Waals surface area contributed by atoms with Crippen LogP contribution in [0.3, 0.4) is 0 Å². The van der Waals surface area contributed by atoms with Crippen LogP contribution in [0.1, 0.15) is 61.9 Å². The Hall–Kier alpha value is -3.75. The van der Waals surface area contributed by atoms with Gasteiger partial charge in [-0.3, -0.25) is 14.4 Å². The lowest BCUT2D eigenvalue weighted by molar-refractivity contribution is -0.152. The van der Waals surface area contributed by atoms with Gasteiger partial charge in [0.25, 0.3) is 17.7 Å². The van der Waals surface area contributed by atoms with E-state index in [1.54, 1.807) is 19.2 Å². The van der Waals surface area contributed by atoms with E-state index >= 15 is 0 Å². The molecule has 40 heavy (non-hydrogen) atoms. The van der Waals surface area contributed by atoms with Gasteiger partial charge < -0.3 is 25.7 Å². The van der Waals surface area contributed by atoms with Crippen molar-refractivity contribution >= 4 is 23.3 Å². The molecule has 3 rings (SSSR count). The fourth-order valence-electron chi connectivity index (χ4n) is 3.99. The van der Waals surface area contributed by atoms with E-state index in [-0.39, 0.29) is 12.5 Å². The van der Waals surface area contributed by atoms with E-state index in [2.05, 4.69) is 23.8 Å². The SMILES string of the molecule is C=CCCC=C.CC.CNC(=O)c1ccccc1C1=CC=C(CNC(=O)C(O)C(O)C(=O)N2CCCC2)CC=C1. The summed E-state index contributed by atoms with van der Waals surface area (Å²) < 4.78 is 0. The lowest BCUT2D eigenvalue weighted by atomic mass is 9.98. The molecule has 2 aliphatic rings. The van der Waals surface area contributed by atoms with E-state index in [9.17, 15) is 24.6 Å². The number of benzene rings is 1. The van der Waals surface area contributed by atoms with Crippen LogP contribution in [0.4, 0.5) is 0 Å². The second kappa shape index (κ2) is 19.3. The normalized spacial score (nSPS) is 15.4. The van der Waals surface area contributed by atoms with Gasteiger partial charge in [0.2, 0.25) is 0 Å². The Morgan fingerprint density at radius 3 is 2.23 bits per heavy atom. The van der Waals surface area contributed by atoms with Gasteiger partial charge in [0.15, 0.2) is 12.2 Å². The average Bonchev–Trinajstić information content (AvgIpc) is 3.44. The van der Waals surface area contributed by atoms with Crippen LogP contribution < -0.4 is 10.6 Å². The molecule has 1 aliphatic heterocycles. The molecule has 8 nitrogen and oxygen atoms in total. The van der Waals surface area contributed by atoms with Crippen LogP contribution >= 0.6 is 0 Å². The maximum atomic E-state index is 12.3. The number of hydrogen-bond donors (Lipinski definition) is 4. The highest BCUT2D eigenvalue weighted by atomic mass is 16.3. The highest BCUT2D eigenvalue weighted by Crippen LogP contribution is 2.24. The van der Waals surface area contributed by atoms with Gasteiger partial charge >= 0.3 is 0 Å². The van der Waals surface area contributed by atoms with E-state index in [0.29, 0.717) is 25.1 Å². The molecule has 1 fully saturated rings. The molecule has 0 aromatic heterocycles. The van der Waals surface area contributed by atoms with E-state index < -0.39 is 24.0 Å². The first-order valence-corrected chi connectivity index (χ1v) is 13.9. The minimum atomic E-state index is -1.82. The van der Waals surface area contributed by atoms with Crippen LogP contribution in [-0.2, 0) is 9.59 Å². The first kappa shape index (κ1) is 34.3. The van der Waals surface area contributed by atoms with E-state index in [1.807, 2.05) is 62.4 Å². The van der Waals surface area contributed by atoms with E-state index in [0.717, 1.165) is 42.4 Å². The molecule has 0 radical (unpaired) electrons. The third-order valence-electron chi connectivity index (χ3n) is 6.19. The number of amides is 3. The zero-order valence-electron chi connectivity index (χ0n) is 24.1. The second-order valence-electron chi connectivity index (χ2n) is 8.97. The summed E-state index contributed by atoms with van der Waals surface area (Å²) in [6.07, 6.45) is 12.1. The van der Waals surface area contributed by atoms with Crippen molar-refractivity contribution in [3.05, 3.63) is 90.6 Å². The fourth-order valence-corrected chi connectivity index (χ4v) is 3.99. The van der Waals surface area contributed by atoms with E-state index in [4.69, 9.17) is 0 Å². The van der Waals surface area contributed by atoms with Crippen molar-refractivity contribution in [1.82, 2.24) is 15.5 Å². The van der Waals surface area contributed by atoms with Gasteiger partial charge in [-0.15, -0.1) is 13.2 Å². The van der Waals surface area contributed by atoms with Gasteiger partial charge in [-0.2, -0.15) is 0 Å². The van der Waals surface area contributed by atoms with Crippen molar-refractivity contribution in [2.45, 2.75) is 58.2 Å². The number of nitrogens with one attached hydrogen (secondary N) is 2. The van der Waals surface area contributed by atoms with Crippen molar-refractivity contribution in [2.24, 2.45) is 0 Å². The van der Waals surface area contributed by atoms with Gasteiger partial charge in [0.1, 0.15) is 0 Å². The monoisotopic (exact) mass is 551 g/mol. The average molecular weight is 552 g/mol. The lowest BCUT2D eigenvalue weighted by Gasteiger charge is -2.22. The topological polar surface area (TPSA) is 119 Å². The predicted molar refractivity (Wildman–Crippen MR) is 161 cm³/mol. The summed E-state index contributed by atoms with van der Waals surface area (Å²) in [6.45, 7) is 12.3. The summed E-state index contributed by atoms with van der Waals surface area (Å²) in [5, 5.41) is 25.4. The number of carbonyl (C=O) groups excluding carboxylic acids is 3. The summed E-state index contributed by atoms with van der Waals surface area (Å²) in [5.74, 6) is -1.59. The molecule has 2 unspecified atom stereocenters.